The number of hydrogen-bond acceptors (Lipinski definition) is 4. The molecule has 0 saturated carbocycles. The molecule has 9 heteroatoms. The standard InChI is InChI=1S/C8H8BrF3N2O3/c1-14-5(7(15)16-2)4(9)6(13-14)17-3-8(10,11)12/h3H2,1-2H3. The van der Waals surface area contributed by atoms with Crippen molar-refractivity contribution in [3.63, 3.8) is 0 Å². The first-order valence-electron chi connectivity index (χ1n) is 4.26. The molecule has 0 aliphatic heterocycles. The second-order valence-electron chi connectivity index (χ2n) is 2.99. The van der Waals surface area contributed by atoms with E-state index in [0.29, 0.717) is 0 Å². The summed E-state index contributed by atoms with van der Waals surface area (Å²) >= 11 is 2.93. The van der Waals surface area contributed by atoms with E-state index < -0.39 is 18.8 Å². The quantitative estimate of drug-likeness (QED) is 0.799. The van der Waals surface area contributed by atoms with Gasteiger partial charge in [0.15, 0.2) is 12.3 Å². The van der Waals surface area contributed by atoms with E-state index in [2.05, 4.69) is 30.5 Å². The predicted octanol–water partition coefficient (Wildman–Crippen LogP) is 1.91. The molecule has 1 heterocycles. The largest absolute Gasteiger partial charge is 0.466 e. The number of aryl methyl sites for hydroxylation is 1. The highest BCUT2D eigenvalue weighted by Gasteiger charge is 2.30. The van der Waals surface area contributed by atoms with Crippen molar-refractivity contribution in [1.29, 1.82) is 0 Å². The minimum Gasteiger partial charge on any atom is -0.466 e. The van der Waals surface area contributed by atoms with E-state index in [-0.39, 0.29) is 16.0 Å². The Kier molecular flexibility index (Phi) is 4.02. The smallest absolute Gasteiger partial charge is 0.422 e. The van der Waals surface area contributed by atoms with Crippen LogP contribution in [-0.4, -0.2) is 35.6 Å². The summed E-state index contributed by atoms with van der Waals surface area (Å²) in [5, 5.41) is 3.63. The van der Waals surface area contributed by atoms with Gasteiger partial charge >= 0.3 is 12.1 Å². The highest BCUT2D eigenvalue weighted by atomic mass is 79.9. The summed E-state index contributed by atoms with van der Waals surface area (Å²) in [6.45, 7) is -1.48. The molecule has 1 aromatic heterocycles. The molecule has 0 aliphatic carbocycles. The Balaban J connectivity index is 2.93. The lowest BCUT2D eigenvalue weighted by Gasteiger charge is -2.06. The van der Waals surface area contributed by atoms with Crippen molar-refractivity contribution in [1.82, 2.24) is 9.78 Å². The van der Waals surface area contributed by atoms with Crippen LogP contribution in [0, 0.1) is 0 Å². The van der Waals surface area contributed by atoms with Crippen LogP contribution in [0.1, 0.15) is 10.5 Å². The maximum atomic E-state index is 11.9. The predicted molar refractivity (Wildman–Crippen MR) is 53.8 cm³/mol. The molecule has 5 nitrogen and oxygen atoms in total. The van der Waals surface area contributed by atoms with E-state index in [0.717, 1.165) is 11.8 Å². The molecule has 0 aromatic carbocycles. The van der Waals surface area contributed by atoms with Crippen molar-refractivity contribution in [2.75, 3.05) is 13.7 Å². The van der Waals surface area contributed by atoms with Gasteiger partial charge in [0.05, 0.1) is 7.11 Å². The number of carbonyl (C=O) groups excluding carboxylic acids is 1. The van der Waals surface area contributed by atoms with Crippen molar-refractivity contribution in [3.8, 4) is 5.88 Å². The molecule has 0 aliphatic rings. The fourth-order valence-corrected chi connectivity index (χ4v) is 1.65. The molecule has 0 radical (unpaired) electrons. The van der Waals surface area contributed by atoms with Crippen molar-refractivity contribution in [3.05, 3.63) is 10.2 Å². The minimum atomic E-state index is -4.47. The molecule has 0 saturated heterocycles. The first-order valence-corrected chi connectivity index (χ1v) is 5.06. The van der Waals surface area contributed by atoms with Crippen LogP contribution in [0.25, 0.3) is 0 Å². The van der Waals surface area contributed by atoms with E-state index in [9.17, 15) is 18.0 Å². The van der Waals surface area contributed by atoms with Crippen molar-refractivity contribution >= 4 is 21.9 Å². The topological polar surface area (TPSA) is 53.4 Å². The van der Waals surface area contributed by atoms with Gasteiger partial charge in [0.1, 0.15) is 4.47 Å². The number of halogens is 4. The Morgan fingerprint density at radius 2 is 2.12 bits per heavy atom. The average Bonchev–Trinajstić information content (AvgIpc) is 2.49. The summed E-state index contributed by atoms with van der Waals surface area (Å²) in [5.41, 5.74) is -0.0234. The van der Waals surface area contributed by atoms with Crippen LogP contribution >= 0.6 is 15.9 Å². The molecule has 0 spiro atoms. The van der Waals surface area contributed by atoms with Crippen LogP contribution in [0.2, 0.25) is 0 Å². The van der Waals surface area contributed by atoms with Crippen LogP contribution in [-0.2, 0) is 11.8 Å². The summed E-state index contributed by atoms with van der Waals surface area (Å²) < 4.78 is 45.8. The molecule has 0 unspecified atom stereocenters. The lowest BCUT2D eigenvalue weighted by atomic mass is 10.4. The number of alkyl halides is 3. The Hall–Kier alpha value is -1.25. The maximum absolute atomic E-state index is 11.9. The van der Waals surface area contributed by atoms with Gasteiger partial charge in [-0.15, -0.1) is 5.10 Å². The zero-order valence-electron chi connectivity index (χ0n) is 8.84. The van der Waals surface area contributed by atoms with Gasteiger partial charge in [0.25, 0.3) is 0 Å². The molecule has 0 atom stereocenters. The lowest BCUT2D eigenvalue weighted by Crippen LogP contribution is -2.19. The van der Waals surface area contributed by atoms with Crippen molar-refractivity contribution in [2.24, 2.45) is 7.05 Å². The van der Waals surface area contributed by atoms with E-state index in [1.54, 1.807) is 0 Å². The molecular formula is C8H8BrF3N2O3. The first kappa shape index (κ1) is 13.8. The average molecular weight is 317 g/mol. The summed E-state index contributed by atoms with van der Waals surface area (Å²) in [4.78, 5) is 11.3. The molecular weight excluding hydrogens is 309 g/mol. The lowest BCUT2D eigenvalue weighted by molar-refractivity contribution is -0.154. The van der Waals surface area contributed by atoms with Gasteiger partial charge in [-0.1, -0.05) is 0 Å². The number of aromatic nitrogens is 2. The molecule has 1 aromatic rings. The monoisotopic (exact) mass is 316 g/mol. The summed E-state index contributed by atoms with van der Waals surface area (Å²) in [6.07, 6.45) is -4.47. The molecule has 17 heavy (non-hydrogen) atoms. The van der Waals surface area contributed by atoms with Gasteiger partial charge in [-0.2, -0.15) is 13.2 Å². The second-order valence-corrected chi connectivity index (χ2v) is 3.78. The third kappa shape index (κ3) is 3.35. The number of nitrogens with zero attached hydrogens (tertiary/aromatic N) is 2. The van der Waals surface area contributed by atoms with E-state index in [4.69, 9.17) is 0 Å². The number of carbonyl (C=O) groups is 1. The van der Waals surface area contributed by atoms with E-state index in [1.165, 1.54) is 7.05 Å². The Labute approximate surface area is 103 Å². The number of hydrogen-bond donors (Lipinski definition) is 0. The second kappa shape index (κ2) is 4.94. The number of methoxy groups -OCH3 is 1. The van der Waals surface area contributed by atoms with Crippen LogP contribution in [0.5, 0.6) is 5.88 Å². The number of esters is 1. The molecule has 0 amide bonds. The Morgan fingerprint density at radius 3 is 2.59 bits per heavy atom. The van der Waals surface area contributed by atoms with Gasteiger partial charge in [-0.3, -0.25) is 4.68 Å². The third-order valence-electron chi connectivity index (χ3n) is 1.71. The van der Waals surface area contributed by atoms with Gasteiger partial charge < -0.3 is 9.47 Å². The van der Waals surface area contributed by atoms with Gasteiger partial charge in [0.2, 0.25) is 5.88 Å². The van der Waals surface area contributed by atoms with E-state index in [1.807, 2.05) is 0 Å². The van der Waals surface area contributed by atoms with Crippen molar-refractivity contribution < 1.29 is 27.4 Å². The summed E-state index contributed by atoms with van der Waals surface area (Å²) in [6, 6.07) is 0. The highest BCUT2D eigenvalue weighted by molar-refractivity contribution is 9.10. The zero-order chi connectivity index (χ0) is 13.2. The van der Waals surface area contributed by atoms with Gasteiger partial charge in [-0.05, 0) is 15.9 Å². The molecule has 1 rings (SSSR count). The van der Waals surface area contributed by atoms with Crippen LogP contribution in [0.15, 0.2) is 4.47 Å². The first-order chi connectivity index (χ1) is 7.76. The van der Waals surface area contributed by atoms with Crippen molar-refractivity contribution in [2.45, 2.75) is 6.18 Å². The van der Waals surface area contributed by atoms with Gasteiger partial charge in [0, 0.05) is 7.05 Å². The SMILES string of the molecule is COC(=O)c1c(Br)c(OCC(F)(F)F)nn1C. The van der Waals surface area contributed by atoms with E-state index >= 15 is 0 Å². The highest BCUT2D eigenvalue weighted by Crippen LogP contribution is 2.29. The normalized spacial score (nSPS) is 11.4. The maximum Gasteiger partial charge on any atom is 0.422 e. The van der Waals surface area contributed by atoms with Crippen LogP contribution < -0.4 is 4.74 Å². The van der Waals surface area contributed by atoms with Gasteiger partial charge in [-0.25, -0.2) is 4.79 Å². The Morgan fingerprint density at radius 1 is 1.53 bits per heavy atom. The number of rotatable bonds is 3. The van der Waals surface area contributed by atoms with Crippen LogP contribution in [0.4, 0.5) is 13.2 Å². The number of ether oxygens (including phenoxy) is 2. The Bertz CT molecular complexity index is 430. The zero-order valence-corrected chi connectivity index (χ0v) is 10.4. The fraction of sp³-hybridized carbons (Fsp3) is 0.500. The summed E-state index contributed by atoms with van der Waals surface area (Å²) in [5.74, 6) is -1.04. The molecule has 0 fully saturated rings. The minimum absolute atomic E-state index is 0.0234. The third-order valence-corrected chi connectivity index (χ3v) is 2.43. The summed E-state index contributed by atoms with van der Waals surface area (Å²) in [7, 11) is 2.54. The molecule has 0 N–H and O–H groups in total. The fourth-order valence-electron chi connectivity index (χ4n) is 1.03. The molecule has 96 valence electrons. The molecule has 0 bridgehead atoms. The van der Waals surface area contributed by atoms with Crippen LogP contribution in [0.3, 0.4) is 0 Å².